The summed E-state index contributed by atoms with van der Waals surface area (Å²) < 4.78 is 3.32. The summed E-state index contributed by atoms with van der Waals surface area (Å²) >= 11 is 0. The number of nitrogens with one attached hydrogen (secondary N) is 1. The molecule has 0 atom stereocenters. The smallest absolute Gasteiger partial charge is 0.255 e. The molecule has 0 aromatic carbocycles. The fourth-order valence-corrected chi connectivity index (χ4v) is 2.36. The number of nitrogens with zero attached hydrogens (tertiary/aromatic N) is 6. The van der Waals surface area contributed by atoms with Crippen LogP contribution < -0.4 is 5.32 Å². The van der Waals surface area contributed by atoms with E-state index in [0.29, 0.717) is 23.5 Å². The average Bonchev–Trinajstić information content (AvgIpc) is 3.11. The van der Waals surface area contributed by atoms with Crippen LogP contribution in [0, 0.1) is 13.8 Å². The predicted octanol–water partition coefficient (Wildman–Crippen LogP) is 0.943. The number of aromatic nitrogens is 6. The summed E-state index contributed by atoms with van der Waals surface area (Å²) in [4.78, 5) is 16.4. The van der Waals surface area contributed by atoms with E-state index in [4.69, 9.17) is 0 Å². The van der Waals surface area contributed by atoms with Crippen LogP contribution >= 0.6 is 0 Å². The fourth-order valence-electron chi connectivity index (χ4n) is 2.36. The van der Waals surface area contributed by atoms with Crippen molar-refractivity contribution in [2.75, 3.05) is 0 Å². The highest BCUT2D eigenvalue weighted by molar-refractivity contribution is 5.96. The Kier molecular flexibility index (Phi) is 3.88. The zero-order valence-corrected chi connectivity index (χ0v) is 13.2. The van der Waals surface area contributed by atoms with Crippen LogP contribution in [0.15, 0.2) is 30.7 Å². The van der Waals surface area contributed by atoms with E-state index in [0.717, 1.165) is 11.4 Å². The van der Waals surface area contributed by atoms with Crippen LogP contribution in [0.3, 0.4) is 0 Å². The Labute approximate surface area is 133 Å². The summed E-state index contributed by atoms with van der Waals surface area (Å²) in [6.07, 6.45) is 5.15. The first-order valence-corrected chi connectivity index (χ1v) is 7.16. The second kappa shape index (κ2) is 5.99. The number of aryl methyl sites for hydroxylation is 2. The van der Waals surface area contributed by atoms with Crippen molar-refractivity contribution in [2.24, 2.45) is 7.05 Å². The Morgan fingerprint density at radius 2 is 2.17 bits per heavy atom. The standard InChI is InChI=1S/C15H17N7O/c1-10-14(11(2)21(3)19-10)15(23)17-7-12-9-22(20-18-12)13-5-4-6-16-8-13/h4-6,8-9H,7H2,1-3H3,(H,17,23). The van der Waals surface area contributed by atoms with Gasteiger partial charge in [0.05, 0.1) is 35.9 Å². The third-order valence-corrected chi connectivity index (χ3v) is 3.62. The molecular weight excluding hydrogens is 294 g/mol. The van der Waals surface area contributed by atoms with E-state index in [1.807, 2.05) is 33.0 Å². The molecule has 3 rings (SSSR count). The van der Waals surface area contributed by atoms with Crippen LogP contribution in [-0.2, 0) is 13.6 Å². The Morgan fingerprint density at radius 1 is 1.35 bits per heavy atom. The molecule has 23 heavy (non-hydrogen) atoms. The summed E-state index contributed by atoms with van der Waals surface area (Å²) in [7, 11) is 1.82. The number of carbonyl (C=O) groups is 1. The molecule has 0 unspecified atom stereocenters. The summed E-state index contributed by atoms with van der Waals surface area (Å²) in [5, 5.41) is 15.2. The van der Waals surface area contributed by atoms with Gasteiger partial charge in [-0.05, 0) is 26.0 Å². The first-order chi connectivity index (χ1) is 11.1. The fraction of sp³-hybridized carbons (Fsp3) is 0.267. The van der Waals surface area contributed by atoms with Crippen molar-refractivity contribution in [2.45, 2.75) is 20.4 Å². The average molecular weight is 311 g/mol. The van der Waals surface area contributed by atoms with Crippen molar-refractivity contribution in [1.29, 1.82) is 0 Å². The van der Waals surface area contributed by atoms with Crippen LogP contribution in [0.4, 0.5) is 0 Å². The van der Waals surface area contributed by atoms with Crippen LogP contribution in [-0.4, -0.2) is 35.7 Å². The Morgan fingerprint density at radius 3 is 2.83 bits per heavy atom. The second-order valence-electron chi connectivity index (χ2n) is 5.22. The van der Waals surface area contributed by atoms with Gasteiger partial charge in [-0.1, -0.05) is 5.21 Å². The summed E-state index contributed by atoms with van der Waals surface area (Å²) in [6.45, 7) is 3.99. The van der Waals surface area contributed by atoms with Gasteiger partial charge in [-0.2, -0.15) is 5.10 Å². The van der Waals surface area contributed by atoms with E-state index in [2.05, 4.69) is 25.7 Å². The minimum Gasteiger partial charge on any atom is -0.346 e. The molecule has 0 fully saturated rings. The van der Waals surface area contributed by atoms with Crippen molar-refractivity contribution in [3.05, 3.63) is 53.4 Å². The Bertz CT molecular complexity index is 835. The minimum atomic E-state index is -0.163. The number of amides is 1. The molecule has 1 N–H and O–H groups in total. The van der Waals surface area contributed by atoms with Crippen molar-refractivity contribution in [3.63, 3.8) is 0 Å². The summed E-state index contributed by atoms with van der Waals surface area (Å²) in [6, 6.07) is 3.71. The molecule has 0 bridgehead atoms. The van der Waals surface area contributed by atoms with E-state index in [-0.39, 0.29) is 5.91 Å². The normalized spacial score (nSPS) is 10.7. The monoisotopic (exact) mass is 311 g/mol. The maximum atomic E-state index is 12.3. The summed E-state index contributed by atoms with van der Waals surface area (Å²) in [5.41, 5.74) is 3.63. The van der Waals surface area contributed by atoms with E-state index >= 15 is 0 Å². The van der Waals surface area contributed by atoms with Crippen LogP contribution in [0.5, 0.6) is 0 Å². The second-order valence-corrected chi connectivity index (χ2v) is 5.22. The zero-order valence-electron chi connectivity index (χ0n) is 13.2. The summed E-state index contributed by atoms with van der Waals surface area (Å²) in [5.74, 6) is -0.163. The number of hydrogen-bond acceptors (Lipinski definition) is 5. The van der Waals surface area contributed by atoms with Crippen molar-refractivity contribution < 1.29 is 4.79 Å². The molecule has 8 heteroatoms. The molecule has 8 nitrogen and oxygen atoms in total. The molecule has 0 aliphatic rings. The largest absolute Gasteiger partial charge is 0.346 e. The quantitative estimate of drug-likeness (QED) is 0.774. The lowest BCUT2D eigenvalue weighted by molar-refractivity contribution is 0.0949. The van der Waals surface area contributed by atoms with Gasteiger partial charge < -0.3 is 5.32 Å². The number of carbonyl (C=O) groups excluding carboxylic acids is 1. The highest BCUT2D eigenvalue weighted by atomic mass is 16.1. The van der Waals surface area contributed by atoms with E-state index in [9.17, 15) is 4.79 Å². The lowest BCUT2D eigenvalue weighted by Crippen LogP contribution is -2.24. The van der Waals surface area contributed by atoms with Gasteiger partial charge in [-0.15, -0.1) is 5.10 Å². The van der Waals surface area contributed by atoms with E-state index in [1.54, 1.807) is 28.0 Å². The Hall–Kier alpha value is -3.03. The van der Waals surface area contributed by atoms with Crippen molar-refractivity contribution in [1.82, 2.24) is 35.1 Å². The number of rotatable bonds is 4. The van der Waals surface area contributed by atoms with Gasteiger partial charge >= 0.3 is 0 Å². The third kappa shape index (κ3) is 2.96. The molecule has 0 aliphatic heterocycles. The van der Waals surface area contributed by atoms with E-state index < -0.39 is 0 Å². The highest BCUT2D eigenvalue weighted by Gasteiger charge is 2.17. The van der Waals surface area contributed by atoms with Crippen LogP contribution in [0.25, 0.3) is 5.69 Å². The van der Waals surface area contributed by atoms with Gasteiger partial charge in [-0.3, -0.25) is 14.5 Å². The first-order valence-electron chi connectivity index (χ1n) is 7.16. The molecule has 3 aromatic heterocycles. The Balaban J connectivity index is 1.69. The molecule has 0 radical (unpaired) electrons. The van der Waals surface area contributed by atoms with Crippen molar-refractivity contribution >= 4 is 5.91 Å². The lowest BCUT2D eigenvalue weighted by atomic mass is 10.2. The van der Waals surface area contributed by atoms with Crippen LogP contribution in [0.1, 0.15) is 27.4 Å². The predicted molar refractivity (Wildman–Crippen MR) is 83.0 cm³/mol. The highest BCUT2D eigenvalue weighted by Crippen LogP contribution is 2.12. The minimum absolute atomic E-state index is 0.163. The molecule has 0 aliphatic carbocycles. The molecule has 3 heterocycles. The maximum absolute atomic E-state index is 12.3. The van der Waals surface area contributed by atoms with Gasteiger partial charge in [0.2, 0.25) is 0 Å². The van der Waals surface area contributed by atoms with Gasteiger partial charge in [0.15, 0.2) is 0 Å². The third-order valence-electron chi connectivity index (χ3n) is 3.62. The number of hydrogen-bond donors (Lipinski definition) is 1. The first kappa shape index (κ1) is 14.9. The van der Waals surface area contributed by atoms with Crippen molar-refractivity contribution in [3.8, 4) is 5.69 Å². The molecule has 0 saturated carbocycles. The van der Waals surface area contributed by atoms with Gasteiger partial charge in [0.1, 0.15) is 5.69 Å². The lowest BCUT2D eigenvalue weighted by Gasteiger charge is -2.03. The molecular formula is C15H17N7O. The zero-order chi connectivity index (χ0) is 16.4. The van der Waals surface area contributed by atoms with Gasteiger partial charge in [-0.25, -0.2) is 4.68 Å². The molecule has 0 spiro atoms. The van der Waals surface area contributed by atoms with Gasteiger partial charge in [0.25, 0.3) is 5.91 Å². The van der Waals surface area contributed by atoms with Gasteiger partial charge in [0, 0.05) is 18.9 Å². The van der Waals surface area contributed by atoms with E-state index in [1.165, 1.54) is 0 Å². The molecule has 1 amide bonds. The topological polar surface area (TPSA) is 90.5 Å². The molecule has 3 aromatic rings. The molecule has 0 saturated heterocycles. The number of pyridine rings is 1. The maximum Gasteiger partial charge on any atom is 0.255 e. The molecule has 118 valence electrons. The SMILES string of the molecule is Cc1nn(C)c(C)c1C(=O)NCc1cn(-c2cccnc2)nn1. The van der Waals surface area contributed by atoms with Crippen LogP contribution in [0.2, 0.25) is 0 Å².